The second-order valence-electron chi connectivity index (χ2n) is 5.16. The third kappa shape index (κ3) is 5.28. The van der Waals surface area contributed by atoms with E-state index in [-0.39, 0.29) is 11.1 Å². The van der Waals surface area contributed by atoms with Gasteiger partial charge in [0.2, 0.25) is 0 Å². The predicted octanol–water partition coefficient (Wildman–Crippen LogP) is 4.64. The summed E-state index contributed by atoms with van der Waals surface area (Å²) in [5, 5.41) is 3.42. The van der Waals surface area contributed by atoms with Gasteiger partial charge in [-0.25, -0.2) is 4.39 Å². The highest BCUT2D eigenvalue weighted by Gasteiger charge is 2.18. The smallest absolute Gasteiger partial charge is 0.145 e. The average Bonchev–Trinajstić information content (AvgIpc) is 2.30. The van der Waals surface area contributed by atoms with E-state index < -0.39 is 5.82 Å². The highest BCUT2D eigenvalue weighted by atomic mass is 79.9. The molecule has 0 aliphatic rings. The number of benzene rings is 1. The molecule has 0 saturated carbocycles. The molecule has 0 bridgehead atoms. The number of halogens is 3. The summed E-state index contributed by atoms with van der Waals surface area (Å²) in [5.41, 5.74) is 0. The first kappa shape index (κ1) is 16.7. The van der Waals surface area contributed by atoms with Crippen molar-refractivity contribution in [3.8, 4) is 5.75 Å². The predicted molar refractivity (Wildman–Crippen MR) is 81.5 cm³/mol. The van der Waals surface area contributed by atoms with E-state index in [2.05, 4.69) is 48.9 Å². The van der Waals surface area contributed by atoms with Crippen molar-refractivity contribution in [1.29, 1.82) is 0 Å². The first-order valence-corrected chi connectivity index (χ1v) is 7.53. The van der Waals surface area contributed by atoms with Gasteiger partial charge in [-0.05, 0) is 27.9 Å². The second-order valence-corrected chi connectivity index (χ2v) is 6.42. The van der Waals surface area contributed by atoms with Crippen LogP contribution in [0.3, 0.4) is 0 Å². The zero-order valence-corrected chi connectivity index (χ0v) is 14.0. The summed E-state index contributed by atoms with van der Waals surface area (Å²) < 4.78 is 20.0. The lowest BCUT2D eigenvalue weighted by molar-refractivity contribution is 0.145. The summed E-state index contributed by atoms with van der Waals surface area (Å²) in [4.78, 5) is 0. The highest BCUT2D eigenvalue weighted by molar-refractivity contribution is 9.10. The molecule has 1 aromatic carbocycles. The van der Waals surface area contributed by atoms with Crippen molar-refractivity contribution < 1.29 is 9.13 Å². The van der Waals surface area contributed by atoms with Gasteiger partial charge in [-0.15, -0.1) is 0 Å². The van der Waals surface area contributed by atoms with E-state index in [0.29, 0.717) is 28.7 Å². The Bertz CT molecular complexity index is 426. The lowest BCUT2D eigenvalue weighted by Crippen LogP contribution is -2.38. The van der Waals surface area contributed by atoms with Crippen LogP contribution in [0.5, 0.6) is 5.75 Å². The Morgan fingerprint density at radius 3 is 2.47 bits per heavy atom. The quantitative estimate of drug-likeness (QED) is 0.753. The van der Waals surface area contributed by atoms with Gasteiger partial charge in [0.15, 0.2) is 0 Å². The summed E-state index contributed by atoms with van der Waals surface area (Å²) in [5.74, 6) is 0.322. The van der Waals surface area contributed by atoms with E-state index in [1.807, 2.05) is 0 Å². The van der Waals surface area contributed by atoms with E-state index in [1.54, 1.807) is 0 Å². The van der Waals surface area contributed by atoms with Gasteiger partial charge in [-0.3, -0.25) is 0 Å². The summed E-state index contributed by atoms with van der Waals surface area (Å²) in [7, 11) is 0. The van der Waals surface area contributed by atoms with Crippen LogP contribution in [0.15, 0.2) is 16.6 Å². The van der Waals surface area contributed by atoms with Crippen LogP contribution in [-0.2, 0) is 0 Å². The van der Waals surface area contributed by atoms with Gasteiger partial charge in [0.1, 0.15) is 17.7 Å². The average molecular weight is 353 g/mol. The summed E-state index contributed by atoms with van der Waals surface area (Å²) >= 11 is 9.06. The highest BCUT2D eigenvalue weighted by Crippen LogP contribution is 2.31. The Morgan fingerprint density at radius 1 is 1.32 bits per heavy atom. The monoisotopic (exact) mass is 351 g/mol. The molecule has 1 aromatic rings. The molecule has 0 fully saturated rings. The van der Waals surface area contributed by atoms with Gasteiger partial charge in [-0.2, -0.15) is 0 Å². The fourth-order valence-electron chi connectivity index (χ4n) is 1.52. The largest absolute Gasteiger partial charge is 0.488 e. The molecule has 0 saturated heterocycles. The minimum Gasteiger partial charge on any atom is -0.488 e. The maximum Gasteiger partial charge on any atom is 0.145 e. The van der Waals surface area contributed by atoms with Gasteiger partial charge >= 0.3 is 0 Å². The molecule has 1 N–H and O–H groups in total. The van der Waals surface area contributed by atoms with E-state index in [4.69, 9.17) is 16.3 Å². The molecule has 0 spiro atoms. The van der Waals surface area contributed by atoms with Crippen LogP contribution in [0.25, 0.3) is 0 Å². The molecule has 2 nitrogen and oxygen atoms in total. The minimum atomic E-state index is -0.473. The van der Waals surface area contributed by atoms with Crippen molar-refractivity contribution >= 4 is 27.5 Å². The standard InChI is InChI=1S/C14H20BrClFNO/c1-8(2)14(7-18-9(3)4)19-13-6-12(17)11(16)5-10(13)15/h5-6,8-9,14,18H,7H2,1-4H3. The number of hydrogen-bond acceptors (Lipinski definition) is 2. The fourth-order valence-corrected chi connectivity index (χ4v) is 2.26. The summed E-state index contributed by atoms with van der Waals surface area (Å²) in [6, 6.07) is 3.21. The van der Waals surface area contributed by atoms with Crippen LogP contribution < -0.4 is 10.1 Å². The molecule has 1 rings (SSSR count). The first-order chi connectivity index (χ1) is 8.81. The molecule has 0 radical (unpaired) electrons. The summed E-state index contributed by atoms with van der Waals surface area (Å²) in [6.45, 7) is 9.02. The lowest BCUT2D eigenvalue weighted by Gasteiger charge is -2.25. The van der Waals surface area contributed by atoms with Crippen molar-refractivity contribution in [1.82, 2.24) is 5.32 Å². The van der Waals surface area contributed by atoms with E-state index >= 15 is 0 Å². The van der Waals surface area contributed by atoms with Crippen LogP contribution in [0.1, 0.15) is 27.7 Å². The zero-order valence-electron chi connectivity index (χ0n) is 11.6. The van der Waals surface area contributed by atoms with E-state index in [1.165, 1.54) is 12.1 Å². The Labute approximate surface area is 127 Å². The Kier molecular flexibility index (Phi) is 6.57. The van der Waals surface area contributed by atoms with Crippen molar-refractivity contribution in [2.24, 2.45) is 5.92 Å². The van der Waals surface area contributed by atoms with Gasteiger partial charge in [0, 0.05) is 18.7 Å². The SMILES string of the molecule is CC(C)NCC(Oc1cc(F)c(Cl)cc1Br)C(C)C. The molecule has 0 aliphatic carbocycles. The van der Waals surface area contributed by atoms with Crippen LogP contribution in [0.2, 0.25) is 5.02 Å². The molecule has 0 amide bonds. The Morgan fingerprint density at radius 2 is 1.95 bits per heavy atom. The Hall–Kier alpha value is -0.320. The minimum absolute atomic E-state index is 0.0284. The van der Waals surface area contributed by atoms with E-state index in [0.717, 1.165) is 0 Å². The van der Waals surface area contributed by atoms with Gasteiger partial charge < -0.3 is 10.1 Å². The molecule has 19 heavy (non-hydrogen) atoms. The molecule has 1 atom stereocenters. The zero-order chi connectivity index (χ0) is 14.6. The van der Waals surface area contributed by atoms with E-state index in [9.17, 15) is 4.39 Å². The maximum absolute atomic E-state index is 13.5. The molecule has 108 valence electrons. The van der Waals surface area contributed by atoms with Crippen molar-refractivity contribution in [3.05, 3.63) is 27.4 Å². The maximum atomic E-state index is 13.5. The van der Waals surface area contributed by atoms with Crippen LogP contribution in [0.4, 0.5) is 4.39 Å². The molecule has 5 heteroatoms. The second kappa shape index (κ2) is 7.46. The number of nitrogens with one attached hydrogen (secondary N) is 1. The van der Waals surface area contributed by atoms with Gasteiger partial charge in [0.05, 0.1) is 9.50 Å². The Balaban J connectivity index is 2.81. The third-order valence-corrected chi connectivity index (χ3v) is 3.63. The molecule has 0 aliphatic heterocycles. The van der Waals surface area contributed by atoms with Crippen molar-refractivity contribution in [3.63, 3.8) is 0 Å². The molecule has 0 aromatic heterocycles. The van der Waals surface area contributed by atoms with Gasteiger partial charge in [-0.1, -0.05) is 39.3 Å². The number of rotatable bonds is 6. The van der Waals surface area contributed by atoms with Crippen LogP contribution >= 0.6 is 27.5 Å². The normalized spacial score (nSPS) is 13.1. The van der Waals surface area contributed by atoms with Crippen LogP contribution in [-0.4, -0.2) is 18.7 Å². The first-order valence-electron chi connectivity index (χ1n) is 6.35. The summed E-state index contributed by atoms with van der Waals surface area (Å²) in [6.07, 6.45) is -0.0284. The fraction of sp³-hybridized carbons (Fsp3) is 0.571. The van der Waals surface area contributed by atoms with Crippen molar-refractivity contribution in [2.75, 3.05) is 6.54 Å². The molecule has 0 heterocycles. The van der Waals surface area contributed by atoms with Crippen molar-refractivity contribution in [2.45, 2.75) is 39.8 Å². The third-order valence-electron chi connectivity index (χ3n) is 2.72. The molecular weight excluding hydrogens is 333 g/mol. The molecular formula is C14H20BrClFNO. The number of hydrogen-bond donors (Lipinski definition) is 1. The lowest BCUT2D eigenvalue weighted by atomic mass is 10.1. The number of ether oxygens (including phenoxy) is 1. The van der Waals surface area contributed by atoms with Crippen LogP contribution in [0, 0.1) is 11.7 Å². The topological polar surface area (TPSA) is 21.3 Å². The molecule has 1 unspecified atom stereocenters. The van der Waals surface area contributed by atoms with Gasteiger partial charge in [0.25, 0.3) is 0 Å².